The summed E-state index contributed by atoms with van der Waals surface area (Å²) in [5.74, 6) is 1.82. The Labute approximate surface area is 101 Å². The normalized spacial score (nSPS) is 35.6. The number of nitrogens with one attached hydrogen (secondary N) is 1. The van der Waals surface area contributed by atoms with Gasteiger partial charge in [0.05, 0.1) is 0 Å². The zero-order valence-electron chi connectivity index (χ0n) is 11.2. The Balaban J connectivity index is 1.88. The molecule has 16 heavy (non-hydrogen) atoms. The molecular formula is C14H28N2. The lowest BCUT2D eigenvalue weighted by molar-refractivity contribution is 0.147. The summed E-state index contributed by atoms with van der Waals surface area (Å²) in [6.45, 7) is 7.31. The second-order valence-electron chi connectivity index (χ2n) is 5.89. The number of nitrogens with zero attached hydrogens (tertiary/aromatic N) is 1. The van der Waals surface area contributed by atoms with E-state index >= 15 is 0 Å². The van der Waals surface area contributed by atoms with Gasteiger partial charge in [-0.3, -0.25) is 0 Å². The third kappa shape index (κ3) is 2.98. The van der Waals surface area contributed by atoms with Crippen LogP contribution < -0.4 is 5.32 Å². The van der Waals surface area contributed by atoms with Gasteiger partial charge in [-0.25, -0.2) is 0 Å². The maximum Gasteiger partial charge on any atom is 0.0105 e. The first kappa shape index (κ1) is 12.4. The van der Waals surface area contributed by atoms with Crippen LogP contribution in [0.3, 0.4) is 0 Å². The topological polar surface area (TPSA) is 15.3 Å². The average Bonchev–Trinajstić information content (AvgIpc) is 3.10. The molecule has 3 unspecified atom stereocenters. The minimum atomic E-state index is 0.768. The Hall–Kier alpha value is -0.0800. The van der Waals surface area contributed by atoms with E-state index in [-0.39, 0.29) is 0 Å². The van der Waals surface area contributed by atoms with Crippen LogP contribution in [0.2, 0.25) is 0 Å². The van der Waals surface area contributed by atoms with Crippen molar-refractivity contribution < 1.29 is 0 Å². The molecule has 0 radical (unpaired) electrons. The molecule has 94 valence electrons. The summed E-state index contributed by atoms with van der Waals surface area (Å²) in [7, 11) is 2.14. The quantitative estimate of drug-likeness (QED) is 0.772. The highest BCUT2D eigenvalue weighted by atomic mass is 15.2. The molecule has 3 atom stereocenters. The van der Waals surface area contributed by atoms with E-state index in [2.05, 4.69) is 31.1 Å². The van der Waals surface area contributed by atoms with Crippen LogP contribution in [-0.4, -0.2) is 37.1 Å². The van der Waals surface area contributed by atoms with Gasteiger partial charge in [0, 0.05) is 18.6 Å². The van der Waals surface area contributed by atoms with Gasteiger partial charge in [0.1, 0.15) is 0 Å². The predicted molar refractivity (Wildman–Crippen MR) is 69.6 cm³/mol. The highest BCUT2D eigenvalue weighted by molar-refractivity contribution is 4.89. The van der Waals surface area contributed by atoms with E-state index in [1.54, 1.807) is 0 Å². The fraction of sp³-hybridized carbons (Fsp3) is 1.00. The van der Waals surface area contributed by atoms with Gasteiger partial charge < -0.3 is 10.2 Å². The molecule has 2 aliphatic carbocycles. The molecule has 0 heterocycles. The van der Waals surface area contributed by atoms with Gasteiger partial charge >= 0.3 is 0 Å². The van der Waals surface area contributed by atoms with Gasteiger partial charge in [-0.15, -0.1) is 0 Å². The molecule has 0 saturated heterocycles. The molecule has 0 bridgehead atoms. The minimum absolute atomic E-state index is 0.768. The minimum Gasteiger partial charge on any atom is -0.317 e. The van der Waals surface area contributed by atoms with Gasteiger partial charge in [-0.2, -0.15) is 0 Å². The number of hydrogen-bond donors (Lipinski definition) is 1. The first-order valence-corrected chi connectivity index (χ1v) is 7.15. The second kappa shape index (κ2) is 5.50. The largest absolute Gasteiger partial charge is 0.317 e. The highest BCUT2D eigenvalue weighted by Crippen LogP contribution is 2.33. The van der Waals surface area contributed by atoms with E-state index in [0.29, 0.717) is 0 Å². The van der Waals surface area contributed by atoms with Crippen LogP contribution in [0.1, 0.15) is 46.0 Å². The Morgan fingerprint density at radius 3 is 2.50 bits per heavy atom. The van der Waals surface area contributed by atoms with E-state index in [0.717, 1.165) is 23.9 Å². The fourth-order valence-electron chi connectivity index (χ4n) is 3.36. The molecule has 0 aliphatic heterocycles. The molecule has 2 saturated carbocycles. The van der Waals surface area contributed by atoms with Crippen LogP contribution in [0.15, 0.2) is 0 Å². The summed E-state index contributed by atoms with van der Waals surface area (Å²) in [5, 5.41) is 3.54. The molecule has 0 aromatic carbocycles. The van der Waals surface area contributed by atoms with Crippen molar-refractivity contribution in [3.05, 3.63) is 0 Å². The van der Waals surface area contributed by atoms with Crippen LogP contribution in [0.5, 0.6) is 0 Å². The Morgan fingerprint density at radius 2 is 1.94 bits per heavy atom. The smallest absolute Gasteiger partial charge is 0.0105 e. The standard InChI is InChI=1S/C14H28N2/c1-4-16(13-6-7-13)10-12-9-11(2)5-8-14(12)15-3/h11-15H,4-10H2,1-3H3. The molecule has 0 aromatic rings. The molecule has 0 aromatic heterocycles. The Bertz CT molecular complexity index is 211. The van der Waals surface area contributed by atoms with Crippen LogP contribution in [0, 0.1) is 11.8 Å². The van der Waals surface area contributed by atoms with E-state index in [1.807, 2.05) is 0 Å². The van der Waals surface area contributed by atoms with Crippen molar-refractivity contribution in [2.75, 3.05) is 20.1 Å². The summed E-state index contributed by atoms with van der Waals surface area (Å²) in [6, 6.07) is 1.70. The van der Waals surface area contributed by atoms with E-state index in [9.17, 15) is 0 Å². The average molecular weight is 224 g/mol. The molecule has 0 spiro atoms. The highest BCUT2D eigenvalue weighted by Gasteiger charge is 2.33. The van der Waals surface area contributed by atoms with Crippen LogP contribution in [0.25, 0.3) is 0 Å². The van der Waals surface area contributed by atoms with Crippen LogP contribution in [0.4, 0.5) is 0 Å². The summed E-state index contributed by atoms with van der Waals surface area (Å²) in [5.41, 5.74) is 0. The Kier molecular flexibility index (Phi) is 4.26. The monoisotopic (exact) mass is 224 g/mol. The molecule has 0 amide bonds. The maximum atomic E-state index is 3.54. The van der Waals surface area contributed by atoms with Crippen LogP contribution >= 0.6 is 0 Å². The van der Waals surface area contributed by atoms with Crippen molar-refractivity contribution in [3.8, 4) is 0 Å². The summed E-state index contributed by atoms with van der Waals surface area (Å²) in [6.07, 6.45) is 7.11. The van der Waals surface area contributed by atoms with Gasteiger partial charge in [0.25, 0.3) is 0 Å². The molecule has 2 aliphatic rings. The van der Waals surface area contributed by atoms with E-state index < -0.39 is 0 Å². The molecule has 2 heteroatoms. The van der Waals surface area contributed by atoms with Gasteiger partial charge in [-0.05, 0) is 57.5 Å². The van der Waals surface area contributed by atoms with Crippen molar-refractivity contribution >= 4 is 0 Å². The molecular weight excluding hydrogens is 196 g/mol. The predicted octanol–water partition coefficient (Wildman–Crippen LogP) is 2.49. The lowest BCUT2D eigenvalue weighted by atomic mass is 9.78. The first-order valence-electron chi connectivity index (χ1n) is 7.15. The zero-order chi connectivity index (χ0) is 11.5. The van der Waals surface area contributed by atoms with Crippen LogP contribution in [-0.2, 0) is 0 Å². The first-order chi connectivity index (χ1) is 7.74. The summed E-state index contributed by atoms with van der Waals surface area (Å²) >= 11 is 0. The van der Waals surface area contributed by atoms with Gasteiger partial charge in [0.15, 0.2) is 0 Å². The van der Waals surface area contributed by atoms with Crippen molar-refractivity contribution in [2.24, 2.45) is 11.8 Å². The summed E-state index contributed by atoms with van der Waals surface area (Å²) in [4.78, 5) is 2.72. The maximum absolute atomic E-state index is 3.54. The van der Waals surface area contributed by atoms with Gasteiger partial charge in [0.2, 0.25) is 0 Å². The van der Waals surface area contributed by atoms with E-state index in [1.165, 1.54) is 45.2 Å². The van der Waals surface area contributed by atoms with Crippen molar-refractivity contribution in [2.45, 2.75) is 58.0 Å². The van der Waals surface area contributed by atoms with Crippen molar-refractivity contribution in [1.82, 2.24) is 10.2 Å². The van der Waals surface area contributed by atoms with Gasteiger partial charge in [-0.1, -0.05) is 13.8 Å². The lowest BCUT2D eigenvalue weighted by Crippen LogP contribution is -2.44. The molecule has 2 nitrogen and oxygen atoms in total. The molecule has 2 rings (SSSR count). The van der Waals surface area contributed by atoms with E-state index in [4.69, 9.17) is 0 Å². The molecule has 2 fully saturated rings. The Morgan fingerprint density at radius 1 is 1.19 bits per heavy atom. The second-order valence-corrected chi connectivity index (χ2v) is 5.89. The summed E-state index contributed by atoms with van der Waals surface area (Å²) < 4.78 is 0. The number of rotatable bonds is 5. The van der Waals surface area contributed by atoms with Crippen molar-refractivity contribution in [1.29, 1.82) is 0 Å². The third-order valence-corrected chi connectivity index (χ3v) is 4.55. The molecule has 1 N–H and O–H groups in total. The number of hydrogen-bond acceptors (Lipinski definition) is 2. The van der Waals surface area contributed by atoms with Crippen molar-refractivity contribution in [3.63, 3.8) is 0 Å². The third-order valence-electron chi connectivity index (χ3n) is 4.55. The SMILES string of the molecule is CCN(CC1CC(C)CCC1NC)C1CC1. The zero-order valence-corrected chi connectivity index (χ0v) is 11.2. The lowest BCUT2D eigenvalue weighted by Gasteiger charge is -2.37. The fourth-order valence-corrected chi connectivity index (χ4v) is 3.36.